The number of likely N-dealkylation sites (tertiary alicyclic amines) is 1. The van der Waals surface area contributed by atoms with Crippen LogP contribution in [0.15, 0.2) is 24.3 Å². The first-order valence-electron chi connectivity index (χ1n) is 8.75. The fraction of sp³-hybridized carbons (Fsp3) is 0.556. The fourth-order valence-electron chi connectivity index (χ4n) is 3.18. The van der Waals surface area contributed by atoms with Crippen molar-refractivity contribution < 1.29 is 9.59 Å². The summed E-state index contributed by atoms with van der Waals surface area (Å²) in [5, 5.41) is 8.40. The highest BCUT2D eigenvalue weighted by atomic mass is 16.2. The Morgan fingerprint density at radius 3 is 2.67 bits per heavy atom. The van der Waals surface area contributed by atoms with Crippen molar-refractivity contribution >= 4 is 23.3 Å². The third-order valence-electron chi connectivity index (χ3n) is 4.35. The number of amides is 3. The average Bonchev–Trinajstić information content (AvgIpc) is 2.55. The molecule has 3 amide bonds. The van der Waals surface area contributed by atoms with Gasteiger partial charge in [0.25, 0.3) is 0 Å². The van der Waals surface area contributed by atoms with Crippen molar-refractivity contribution in [1.29, 1.82) is 0 Å². The molecule has 0 spiro atoms. The van der Waals surface area contributed by atoms with Gasteiger partial charge in [0.2, 0.25) is 5.91 Å². The number of benzene rings is 1. The number of hydrogen-bond acceptors (Lipinski definition) is 3. The molecule has 1 aromatic rings. The number of carbonyl (C=O) groups excluding carboxylic acids is 2. The van der Waals surface area contributed by atoms with E-state index in [2.05, 4.69) is 27.8 Å². The van der Waals surface area contributed by atoms with Gasteiger partial charge < -0.3 is 16.0 Å². The molecule has 1 aliphatic heterocycles. The third kappa shape index (κ3) is 5.85. The maximum absolute atomic E-state index is 12.0. The van der Waals surface area contributed by atoms with Gasteiger partial charge in [-0.3, -0.25) is 9.69 Å². The Labute approximate surface area is 144 Å². The van der Waals surface area contributed by atoms with E-state index in [1.807, 2.05) is 0 Å². The molecular formula is C18H28N4O2. The van der Waals surface area contributed by atoms with E-state index in [-0.39, 0.29) is 11.9 Å². The summed E-state index contributed by atoms with van der Waals surface area (Å²) < 4.78 is 0. The molecule has 1 fully saturated rings. The summed E-state index contributed by atoms with van der Waals surface area (Å²) >= 11 is 0. The highest BCUT2D eigenvalue weighted by Crippen LogP contribution is 2.18. The summed E-state index contributed by atoms with van der Waals surface area (Å²) in [5.41, 5.74) is 1.32. The standard InChI is InChI=1S/C18H28N4O2/c1-3-17-9-4-5-11-22(17)12-10-19-18(24)21-16-8-6-7-15(13-16)20-14(2)23/h6-8,13,17H,3-5,9-12H2,1-2H3,(H,20,23)(H2,19,21,24)/t17-/m0/s1. The van der Waals surface area contributed by atoms with Gasteiger partial charge in [0, 0.05) is 37.4 Å². The molecule has 0 radical (unpaired) electrons. The summed E-state index contributed by atoms with van der Waals surface area (Å²) in [5.74, 6) is -0.136. The van der Waals surface area contributed by atoms with E-state index in [0.717, 1.165) is 13.1 Å². The summed E-state index contributed by atoms with van der Waals surface area (Å²) in [4.78, 5) is 25.6. The summed E-state index contributed by atoms with van der Waals surface area (Å²) in [6.07, 6.45) is 4.99. The Balaban J connectivity index is 1.76. The summed E-state index contributed by atoms with van der Waals surface area (Å²) in [7, 11) is 0. The van der Waals surface area contributed by atoms with E-state index in [4.69, 9.17) is 0 Å². The largest absolute Gasteiger partial charge is 0.337 e. The first-order chi connectivity index (χ1) is 11.6. The van der Waals surface area contributed by atoms with Crippen molar-refractivity contribution in [3.8, 4) is 0 Å². The molecule has 0 unspecified atom stereocenters. The van der Waals surface area contributed by atoms with Crippen LogP contribution in [-0.2, 0) is 4.79 Å². The highest BCUT2D eigenvalue weighted by Gasteiger charge is 2.20. The van der Waals surface area contributed by atoms with E-state index >= 15 is 0 Å². The Bertz CT molecular complexity index is 562. The number of anilines is 2. The van der Waals surface area contributed by atoms with Crippen LogP contribution in [-0.4, -0.2) is 42.5 Å². The topological polar surface area (TPSA) is 73.5 Å². The average molecular weight is 332 g/mol. The monoisotopic (exact) mass is 332 g/mol. The predicted octanol–water partition coefficient (Wildman–Crippen LogP) is 3.03. The number of nitrogens with one attached hydrogen (secondary N) is 3. The first-order valence-corrected chi connectivity index (χ1v) is 8.75. The minimum absolute atomic E-state index is 0.136. The molecule has 1 saturated heterocycles. The molecule has 24 heavy (non-hydrogen) atoms. The molecular weight excluding hydrogens is 304 g/mol. The molecule has 2 rings (SSSR count). The molecule has 0 aromatic heterocycles. The van der Waals surface area contributed by atoms with Crippen LogP contribution in [0.1, 0.15) is 39.5 Å². The number of rotatable bonds is 6. The normalized spacial score (nSPS) is 18.0. The fourth-order valence-corrected chi connectivity index (χ4v) is 3.18. The smallest absolute Gasteiger partial charge is 0.319 e. The van der Waals surface area contributed by atoms with Gasteiger partial charge in [-0.05, 0) is 44.0 Å². The minimum Gasteiger partial charge on any atom is -0.337 e. The van der Waals surface area contributed by atoms with Crippen LogP contribution < -0.4 is 16.0 Å². The van der Waals surface area contributed by atoms with E-state index in [1.165, 1.54) is 32.6 Å². The van der Waals surface area contributed by atoms with Crippen molar-refractivity contribution in [2.45, 2.75) is 45.6 Å². The van der Waals surface area contributed by atoms with Crippen LogP contribution in [0.5, 0.6) is 0 Å². The van der Waals surface area contributed by atoms with Crippen molar-refractivity contribution in [2.75, 3.05) is 30.3 Å². The van der Waals surface area contributed by atoms with Crippen molar-refractivity contribution in [3.63, 3.8) is 0 Å². The number of urea groups is 1. The van der Waals surface area contributed by atoms with Gasteiger partial charge in [0.15, 0.2) is 0 Å². The molecule has 1 aliphatic rings. The zero-order valence-corrected chi connectivity index (χ0v) is 14.6. The van der Waals surface area contributed by atoms with Gasteiger partial charge >= 0.3 is 6.03 Å². The Morgan fingerprint density at radius 1 is 1.21 bits per heavy atom. The van der Waals surface area contributed by atoms with Crippen LogP contribution in [0, 0.1) is 0 Å². The number of hydrogen-bond donors (Lipinski definition) is 3. The maximum atomic E-state index is 12.0. The lowest BCUT2D eigenvalue weighted by atomic mass is 10.0. The first kappa shape index (κ1) is 18.3. The van der Waals surface area contributed by atoms with Crippen molar-refractivity contribution in [3.05, 3.63) is 24.3 Å². The Morgan fingerprint density at radius 2 is 1.96 bits per heavy atom. The van der Waals surface area contributed by atoms with Crippen LogP contribution in [0.2, 0.25) is 0 Å². The second-order valence-corrected chi connectivity index (χ2v) is 6.24. The highest BCUT2D eigenvalue weighted by molar-refractivity contribution is 5.92. The molecule has 1 heterocycles. The molecule has 0 aliphatic carbocycles. The zero-order chi connectivity index (χ0) is 17.4. The van der Waals surface area contributed by atoms with Gasteiger partial charge in [-0.25, -0.2) is 4.79 Å². The molecule has 3 N–H and O–H groups in total. The second-order valence-electron chi connectivity index (χ2n) is 6.24. The van der Waals surface area contributed by atoms with Gasteiger partial charge in [0.05, 0.1) is 0 Å². The van der Waals surface area contributed by atoms with E-state index in [1.54, 1.807) is 24.3 Å². The quantitative estimate of drug-likeness (QED) is 0.750. The van der Waals surface area contributed by atoms with Crippen LogP contribution in [0.4, 0.5) is 16.2 Å². The summed E-state index contributed by atoms with van der Waals surface area (Å²) in [6.45, 7) is 6.33. The second kappa shape index (κ2) is 9.27. The molecule has 1 atom stereocenters. The lowest BCUT2D eigenvalue weighted by Gasteiger charge is -2.35. The minimum atomic E-state index is -0.222. The van der Waals surface area contributed by atoms with Crippen LogP contribution in [0.3, 0.4) is 0 Å². The summed E-state index contributed by atoms with van der Waals surface area (Å²) in [6, 6.07) is 7.53. The van der Waals surface area contributed by atoms with Crippen molar-refractivity contribution in [2.24, 2.45) is 0 Å². The van der Waals surface area contributed by atoms with Gasteiger partial charge in [-0.15, -0.1) is 0 Å². The van der Waals surface area contributed by atoms with Crippen LogP contribution in [0.25, 0.3) is 0 Å². The van der Waals surface area contributed by atoms with E-state index < -0.39 is 0 Å². The number of nitrogens with zero attached hydrogens (tertiary/aromatic N) is 1. The SMILES string of the molecule is CC[C@H]1CCCCN1CCNC(=O)Nc1cccc(NC(C)=O)c1. The Hall–Kier alpha value is -2.08. The molecule has 0 saturated carbocycles. The van der Waals surface area contributed by atoms with Gasteiger partial charge in [-0.1, -0.05) is 19.4 Å². The van der Waals surface area contributed by atoms with Gasteiger partial charge in [-0.2, -0.15) is 0 Å². The van der Waals surface area contributed by atoms with E-state index in [9.17, 15) is 9.59 Å². The number of carbonyl (C=O) groups is 2. The molecule has 6 nitrogen and oxygen atoms in total. The third-order valence-corrected chi connectivity index (χ3v) is 4.35. The molecule has 0 bridgehead atoms. The van der Waals surface area contributed by atoms with E-state index in [0.29, 0.717) is 24.0 Å². The lowest BCUT2D eigenvalue weighted by molar-refractivity contribution is -0.114. The Kier molecular flexibility index (Phi) is 7.06. The van der Waals surface area contributed by atoms with Gasteiger partial charge in [0.1, 0.15) is 0 Å². The zero-order valence-electron chi connectivity index (χ0n) is 14.6. The molecule has 132 valence electrons. The molecule has 1 aromatic carbocycles. The lowest BCUT2D eigenvalue weighted by Crippen LogP contribution is -2.44. The molecule has 6 heteroatoms. The van der Waals surface area contributed by atoms with Crippen molar-refractivity contribution in [1.82, 2.24) is 10.2 Å². The number of piperidine rings is 1. The van der Waals surface area contributed by atoms with Crippen LogP contribution >= 0.6 is 0 Å². The predicted molar refractivity (Wildman–Crippen MR) is 97.3 cm³/mol. The maximum Gasteiger partial charge on any atom is 0.319 e.